The van der Waals surface area contributed by atoms with E-state index in [9.17, 15) is 0 Å². The van der Waals surface area contributed by atoms with E-state index in [4.69, 9.17) is 0 Å². The molecule has 0 saturated carbocycles. The van der Waals surface area contributed by atoms with Crippen molar-refractivity contribution >= 4 is 24.2 Å². The molecule has 1 rings (SSSR count). The summed E-state index contributed by atoms with van der Waals surface area (Å²) in [4.78, 5) is 0. The molecule has 62 valence electrons. The van der Waals surface area contributed by atoms with Gasteiger partial charge in [0.1, 0.15) is 0 Å². The van der Waals surface area contributed by atoms with Crippen molar-refractivity contribution in [1.29, 1.82) is 0 Å². The smallest absolute Gasteiger partial charge is 0.0181 e. The molecule has 0 aromatic carbocycles. The van der Waals surface area contributed by atoms with Gasteiger partial charge in [0.25, 0.3) is 0 Å². The SMILES string of the molecule is CCC1NCCSC1C.Cl. The van der Waals surface area contributed by atoms with Gasteiger partial charge in [-0.25, -0.2) is 0 Å². The predicted octanol–water partition coefficient (Wildman–Crippen LogP) is 1.91. The summed E-state index contributed by atoms with van der Waals surface area (Å²) in [7, 11) is 0. The maximum atomic E-state index is 3.50. The van der Waals surface area contributed by atoms with E-state index in [1.165, 1.54) is 18.7 Å². The lowest BCUT2D eigenvalue weighted by molar-refractivity contribution is 0.498. The Morgan fingerprint density at radius 3 is 2.70 bits per heavy atom. The Morgan fingerprint density at radius 1 is 1.60 bits per heavy atom. The molecular formula is C7H16ClNS. The zero-order valence-electron chi connectivity index (χ0n) is 6.59. The molecule has 1 N–H and O–H groups in total. The van der Waals surface area contributed by atoms with Gasteiger partial charge in [0.05, 0.1) is 0 Å². The highest BCUT2D eigenvalue weighted by Gasteiger charge is 2.18. The number of nitrogens with one attached hydrogen (secondary N) is 1. The van der Waals surface area contributed by atoms with Crippen LogP contribution in [-0.4, -0.2) is 23.6 Å². The van der Waals surface area contributed by atoms with Crippen LogP contribution in [0.1, 0.15) is 20.3 Å². The Hall–Kier alpha value is 0.600. The van der Waals surface area contributed by atoms with Crippen LogP contribution in [0.25, 0.3) is 0 Å². The second-order valence-electron chi connectivity index (χ2n) is 2.54. The summed E-state index contributed by atoms with van der Waals surface area (Å²) in [5, 5.41) is 4.32. The van der Waals surface area contributed by atoms with E-state index in [0.29, 0.717) is 0 Å². The van der Waals surface area contributed by atoms with Crippen molar-refractivity contribution in [1.82, 2.24) is 5.32 Å². The average molecular weight is 182 g/mol. The van der Waals surface area contributed by atoms with Crippen LogP contribution in [0.15, 0.2) is 0 Å². The summed E-state index contributed by atoms with van der Waals surface area (Å²) in [6.07, 6.45) is 1.27. The molecule has 0 aromatic rings. The first-order chi connectivity index (χ1) is 4.34. The van der Waals surface area contributed by atoms with Crippen LogP contribution >= 0.6 is 24.2 Å². The Bertz CT molecular complexity index is 89.7. The van der Waals surface area contributed by atoms with E-state index >= 15 is 0 Å². The molecule has 10 heavy (non-hydrogen) atoms. The molecule has 3 heteroatoms. The molecule has 1 fully saturated rings. The number of rotatable bonds is 1. The Balaban J connectivity index is 0.000000810. The van der Waals surface area contributed by atoms with Gasteiger partial charge in [0.2, 0.25) is 0 Å². The third kappa shape index (κ3) is 2.69. The third-order valence-corrected chi connectivity index (χ3v) is 3.19. The summed E-state index contributed by atoms with van der Waals surface area (Å²) < 4.78 is 0. The zero-order chi connectivity index (χ0) is 6.69. The van der Waals surface area contributed by atoms with Crippen molar-refractivity contribution in [2.75, 3.05) is 12.3 Å². The summed E-state index contributed by atoms with van der Waals surface area (Å²) in [5.74, 6) is 1.29. The standard InChI is InChI=1S/C7H15NS.ClH/c1-3-7-6(2)9-5-4-8-7;/h6-8H,3-5H2,1-2H3;1H. The molecular weight excluding hydrogens is 166 g/mol. The predicted molar refractivity (Wildman–Crippen MR) is 51.2 cm³/mol. The highest BCUT2D eigenvalue weighted by atomic mass is 35.5. The number of hydrogen-bond donors (Lipinski definition) is 1. The molecule has 2 unspecified atom stereocenters. The lowest BCUT2D eigenvalue weighted by atomic mass is 10.1. The largest absolute Gasteiger partial charge is 0.312 e. The Labute approximate surface area is 73.7 Å². The maximum Gasteiger partial charge on any atom is 0.0181 e. The summed E-state index contributed by atoms with van der Waals surface area (Å²) >= 11 is 2.09. The molecule has 0 amide bonds. The third-order valence-electron chi connectivity index (χ3n) is 1.90. The molecule has 0 radical (unpaired) electrons. The van der Waals surface area contributed by atoms with E-state index in [0.717, 1.165) is 11.3 Å². The fraction of sp³-hybridized carbons (Fsp3) is 1.00. The van der Waals surface area contributed by atoms with Gasteiger partial charge in [-0.1, -0.05) is 13.8 Å². The monoisotopic (exact) mass is 181 g/mol. The molecule has 0 bridgehead atoms. The number of halogens is 1. The van der Waals surface area contributed by atoms with Crippen LogP contribution in [0.3, 0.4) is 0 Å². The summed E-state index contributed by atoms with van der Waals surface area (Å²) in [6, 6.07) is 0.767. The van der Waals surface area contributed by atoms with E-state index in [-0.39, 0.29) is 12.4 Å². The van der Waals surface area contributed by atoms with E-state index in [2.05, 4.69) is 30.9 Å². The summed E-state index contributed by atoms with van der Waals surface area (Å²) in [5.41, 5.74) is 0. The molecule has 1 aliphatic heterocycles. The second kappa shape index (κ2) is 5.28. The van der Waals surface area contributed by atoms with Gasteiger partial charge in [-0.05, 0) is 6.42 Å². The summed E-state index contributed by atoms with van der Waals surface area (Å²) in [6.45, 7) is 5.76. The fourth-order valence-corrected chi connectivity index (χ4v) is 2.38. The van der Waals surface area contributed by atoms with Gasteiger partial charge in [0.15, 0.2) is 0 Å². The molecule has 1 heterocycles. The molecule has 0 aromatic heterocycles. The molecule has 1 saturated heterocycles. The first-order valence-corrected chi connectivity index (χ1v) is 4.74. The van der Waals surface area contributed by atoms with Crippen molar-refractivity contribution in [3.8, 4) is 0 Å². The van der Waals surface area contributed by atoms with Gasteiger partial charge in [0, 0.05) is 23.6 Å². The topological polar surface area (TPSA) is 12.0 Å². The van der Waals surface area contributed by atoms with Gasteiger partial charge in [-0.2, -0.15) is 11.8 Å². The highest BCUT2D eigenvalue weighted by molar-refractivity contribution is 8.00. The van der Waals surface area contributed by atoms with Crippen molar-refractivity contribution in [3.63, 3.8) is 0 Å². The number of hydrogen-bond acceptors (Lipinski definition) is 2. The van der Waals surface area contributed by atoms with E-state index < -0.39 is 0 Å². The van der Waals surface area contributed by atoms with E-state index in [1.54, 1.807) is 0 Å². The lowest BCUT2D eigenvalue weighted by Gasteiger charge is -2.28. The maximum absolute atomic E-state index is 3.50. The van der Waals surface area contributed by atoms with Crippen molar-refractivity contribution < 1.29 is 0 Å². The fourth-order valence-electron chi connectivity index (χ4n) is 1.25. The minimum Gasteiger partial charge on any atom is -0.312 e. The number of thioether (sulfide) groups is 1. The van der Waals surface area contributed by atoms with Gasteiger partial charge in [-0.3, -0.25) is 0 Å². The van der Waals surface area contributed by atoms with Gasteiger partial charge < -0.3 is 5.32 Å². The van der Waals surface area contributed by atoms with E-state index in [1.807, 2.05) is 0 Å². The van der Waals surface area contributed by atoms with Crippen molar-refractivity contribution in [2.24, 2.45) is 0 Å². The highest BCUT2D eigenvalue weighted by Crippen LogP contribution is 2.19. The second-order valence-corrected chi connectivity index (χ2v) is 4.03. The average Bonchev–Trinajstić information content (AvgIpc) is 1.89. The Morgan fingerprint density at radius 2 is 2.30 bits per heavy atom. The Kier molecular flexibility index (Phi) is 5.59. The van der Waals surface area contributed by atoms with Crippen molar-refractivity contribution in [2.45, 2.75) is 31.6 Å². The normalized spacial score (nSPS) is 33.0. The molecule has 1 aliphatic rings. The minimum absolute atomic E-state index is 0. The van der Waals surface area contributed by atoms with Gasteiger partial charge >= 0.3 is 0 Å². The molecule has 2 atom stereocenters. The van der Waals surface area contributed by atoms with Crippen LogP contribution < -0.4 is 5.32 Å². The molecule has 0 spiro atoms. The van der Waals surface area contributed by atoms with Crippen LogP contribution in [-0.2, 0) is 0 Å². The van der Waals surface area contributed by atoms with Crippen LogP contribution in [0.2, 0.25) is 0 Å². The van der Waals surface area contributed by atoms with Crippen LogP contribution in [0, 0.1) is 0 Å². The zero-order valence-corrected chi connectivity index (χ0v) is 8.23. The first-order valence-electron chi connectivity index (χ1n) is 3.69. The molecule has 1 nitrogen and oxygen atoms in total. The van der Waals surface area contributed by atoms with Crippen molar-refractivity contribution in [3.05, 3.63) is 0 Å². The quantitative estimate of drug-likeness (QED) is 0.664. The van der Waals surface area contributed by atoms with Crippen LogP contribution in [0.4, 0.5) is 0 Å². The minimum atomic E-state index is 0. The van der Waals surface area contributed by atoms with Crippen LogP contribution in [0.5, 0.6) is 0 Å². The lowest BCUT2D eigenvalue weighted by Crippen LogP contribution is -2.41. The molecule has 0 aliphatic carbocycles. The first kappa shape index (κ1) is 10.6. The van der Waals surface area contributed by atoms with Gasteiger partial charge in [-0.15, -0.1) is 12.4 Å².